The zero-order valence-corrected chi connectivity index (χ0v) is 19.2. The fourth-order valence-corrected chi connectivity index (χ4v) is 3.90. The molecule has 0 aliphatic rings. The minimum Gasteiger partial charge on any atom is -0.412 e. The Bertz CT molecular complexity index is 1460. The lowest BCUT2D eigenvalue weighted by molar-refractivity contribution is 0.823. The molecule has 2 aromatic carbocycles. The summed E-state index contributed by atoms with van der Waals surface area (Å²) in [6.07, 6.45) is 3.57. The third-order valence-corrected chi connectivity index (χ3v) is 5.56. The number of rotatable bonds is 4. The van der Waals surface area contributed by atoms with E-state index in [1.165, 1.54) is 0 Å². The molecule has 0 aliphatic heterocycles. The Morgan fingerprint density at radius 2 is 1.03 bits per heavy atom. The molecule has 8 nitrogen and oxygen atoms in total. The predicted molar refractivity (Wildman–Crippen MR) is 142 cm³/mol. The Labute approximate surface area is 207 Å². The van der Waals surface area contributed by atoms with Gasteiger partial charge in [0, 0.05) is 18.0 Å². The summed E-state index contributed by atoms with van der Waals surface area (Å²) in [6, 6.07) is 32.3. The van der Waals surface area contributed by atoms with Crippen molar-refractivity contribution in [1.82, 2.24) is 24.9 Å². The van der Waals surface area contributed by atoms with Crippen LogP contribution in [0.2, 0.25) is 0 Å². The van der Waals surface area contributed by atoms with Crippen LogP contribution in [-0.2, 0) is 0 Å². The second kappa shape index (κ2) is 11.1. The fraction of sp³-hybridized carbons (Fsp3) is 0. The van der Waals surface area contributed by atoms with E-state index in [0.29, 0.717) is 0 Å². The van der Waals surface area contributed by atoms with Crippen LogP contribution in [0.4, 0.5) is 0 Å². The molecule has 4 aromatic heterocycles. The fourth-order valence-electron chi connectivity index (χ4n) is 3.90. The van der Waals surface area contributed by atoms with Gasteiger partial charge in [-0.3, -0.25) is 9.97 Å². The Kier molecular flexibility index (Phi) is 7.98. The third kappa shape index (κ3) is 5.01. The van der Waals surface area contributed by atoms with E-state index in [1.807, 2.05) is 60.7 Å². The highest BCUT2D eigenvalue weighted by Gasteiger charge is 2.11. The van der Waals surface area contributed by atoms with Crippen molar-refractivity contribution in [3.8, 4) is 45.3 Å². The number of fused-ring (bicyclic) bond motifs is 1. The van der Waals surface area contributed by atoms with Crippen LogP contribution in [0.3, 0.4) is 0 Å². The second-order valence-electron chi connectivity index (χ2n) is 7.74. The lowest BCUT2D eigenvalue weighted by Gasteiger charge is -2.10. The number of para-hydroxylation sites is 2. The van der Waals surface area contributed by atoms with E-state index in [-0.39, 0.29) is 16.4 Å². The number of aromatic nitrogens is 5. The van der Waals surface area contributed by atoms with Crippen molar-refractivity contribution in [3.05, 3.63) is 109 Å². The van der Waals surface area contributed by atoms with E-state index < -0.39 is 0 Å². The molecule has 36 heavy (non-hydrogen) atoms. The highest BCUT2D eigenvalue weighted by atomic mass is 16.0. The summed E-state index contributed by atoms with van der Waals surface area (Å²) in [5, 5.41) is 0. The number of aromatic amines is 1. The molecule has 0 aliphatic carbocycles. The van der Waals surface area contributed by atoms with Gasteiger partial charge in [-0.2, -0.15) is 0 Å². The average Bonchev–Trinajstić information content (AvgIpc) is 3.34. The number of benzene rings is 2. The van der Waals surface area contributed by atoms with Gasteiger partial charge < -0.3 is 21.4 Å². The van der Waals surface area contributed by atoms with Crippen LogP contribution < -0.4 is 0 Å². The number of H-pyrrole nitrogens is 1. The number of pyridine rings is 3. The van der Waals surface area contributed by atoms with Gasteiger partial charge in [-0.25, -0.2) is 9.97 Å². The SMILES string of the molecule is O.O.O.c1ccc(-c2cc(-c3ccc(-c4nc5ccccc5[nH]4)cc3)cc(-c3ccccn3)n2)nc1. The van der Waals surface area contributed by atoms with Gasteiger partial charge in [0.1, 0.15) is 5.82 Å². The normalized spacial score (nSPS) is 10.1. The predicted octanol–water partition coefficient (Wildman–Crippen LogP) is 3.94. The number of nitrogens with one attached hydrogen (secondary N) is 1. The monoisotopic (exact) mass is 479 g/mol. The van der Waals surface area contributed by atoms with E-state index in [2.05, 4.69) is 51.4 Å². The van der Waals surface area contributed by atoms with Crippen LogP contribution in [0.15, 0.2) is 109 Å². The molecule has 0 saturated heterocycles. The van der Waals surface area contributed by atoms with Crippen LogP contribution in [0.5, 0.6) is 0 Å². The van der Waals surface area contributed by atoms with Gasteiger partial charge in [-0.05, 0) is 59.7 Å². The molecule has 0 fully saturated rings. The first-order chi connectivity index (χ1) is 16.3. The summed E-state index contributed by atoms with van der Waals surface area (Å²) in [6.45, 7) is 0. The standard InChI is InChI=1S/C28H19N5.3H2O/c1-2-10-25-24(9-1)32-28(33-25)20-13-11-19(12-14-20)21-17-26(22-7-3-5-15-29-22)31-27(18-21)23-8-4-6-16-30-23;;;/h1-18H,(H,32,33);3*1H2. The van der Waals surface area contributed by atoms with Crippen molar-refractivity contribution in [2.45, 2.75) is 0 Å². The summed E-state index contributed by atoms with van der Waals surface area (Å²) < 4.78 is 0. The van der Waals surface area contributed by atoms with Crippen molar-refractivity contribution in [2.24, 2.45) is 0 Å². The van der Waals surface area contributed by atoms with Crippen LogP contribution in [0.1, 0.15) is 0 Å². The van der Waals surface area contributed by atoms with Crippen molar-refractivity contribution < 1.29 is 16.4 Å². The Morgan fingerprint density at radius 1 is 0.472 bits per heavy atom. The summed E-state index contributed by atoms with van der Waals surface area (Å²) >= 11 is 0. The molecule has 0 saturated carbocycles. The summed E-state index contributed by atoms with van der Waals surface area (Å²) in [7, 11) is 0. The Balaban J connectivity index is 0.00000120. The smallest absolute Gasteiger partial charge is 0.138 e. The molecule has 4 heterocycles. The maximum absolute atomic E-state index is 4.85. The van der Waals surface area contributed by atoms with E-state index in [9.17, 15) is 0 Å². The van der Waals surface area contributed by atoms with Crippen LogP contribution >= 0.6 is 0 Å². The van der Waals surface area contributed by atoms with Crippen molar-refractivity contribution in [2.75, 3.05) is 0 Å². The van der Waals surface area contributed by atoms with Gasteiger partial charge in [0.15, 0.2) is 0 Å². The van der Waals surface area contributed by atoms with E-state index in [1.54, 1.807) is 12.4 Å². The number of nitrogens with zero attached hydrogens (tertiary/aromatic N) is 4. The number of hydrogen-bond acceptors (Lipinski definition) is 4. The van der Waals surface area contributed by atoms with Gasteiger partial charge in [-0.1, -0.05) is 48.5 Å². The van der Waals surface area contributed by atoms with Gasteiger partial charge in [-0.15, -0.1) is 0 Å². The zero-order chi connectivity index (χ0) is 22.0. The van der Waals surface area contributed by atoms with Crippen molar-refractivity contribution in [1.29, 1.82) is 0 Å². The largest absolute Gasteiger partial charge is 0.412 e. The van der Waals surface area contributed by atoms with Gasteiger partial charge >= 0.3 is 0 Å². The van der Waals surface area contributed by atoms with Crippen LogP contribution in [0, 0.1) is 0 Å². The van der Waals surface area contributed by atoms with E-state index in [0.717, 1.165) is 56.3 Å². The number of imidazole rings is 1. The first-order valence-corrected chi connectivity index (χ1v) is 10.7. The molecule has 0 amide bonds. The maximum atomic E-state index is 4.85. The number of hydrogen-bond donors (Lipinski definition) is 1. The Hall–Kier alpha value is -4.76. The first kappa shape index (κ1) is 25.9. The first-order valence-electron chi connectivity index (χ1n) is 10.7. The highest BCUT2D eigenvalue weighted by Crippen LogP contribution is 2.30. The minimum atomic E-state index is 0. The summed E-state index contributed by atoms with van der Waals surface area (Å²) in [5.74, 6) is 0.862. The lowest BCUT2D eigenvalue weighted by Crippen LogP contribution is -1.94. The molecule has 0 bridgehead atoms. The topological polar surface area (TPSA) is 162 Å². The van der Waals surface area contributed by atoms with Gasteiger partial charge in [0.25, 0.3) is 0 Å². The zero-order valence-electron chi connectivity index (χ0n) is 19.2. The average molecular weight is 480 g/mol. The maximum Gasteiger partial charge on any atom is 0.138 e. The van der Waals surface area contributed by atoms with Crippen LogP contribution in [-0.4, -0.2) is 41.3 Å². The second-order valence-corrected chi connectivity index (χ2v) is 7.74. The third-order valence-electron chi connectivity index (χ3n) is 5.56. The van der Waals surface area contributed by atoms with Crippen molar-refractivity contribution in [3.63, 3.8) is 0 Å². The molecule has 6 aromatic rings. The molecular weight excluding hydrogens is 454 g/mol. The molecular formula is C28H25N5O3. The molecule has 0 atom stereocenters. The van der Waals surface area contributed by atoms with Crippen molar-refractivity contribution >= 4 is 11.0 Å². The molecule has 8 heteroatoms. The Morgan fingerprint density at radius 3 is 1.58 bits per heavy atom. The minimum absolute atomic E-state index is 0. The van der Waals surface area contributed by atoms with Gasteiger partial charge in [0.2, 0.25) is 0 Å². The van der Waals surface area contributed by atoms with E-state index in [4.69, 9.17) is 9.97 Å². The van der Waals surface area contributed by atoms with Gasteiger partial charge in [0.05, 0.1) is 33.8 Å². The van der Waals surface area contributed by atoms with Crippen LogP contribution in [0.25, 0.3) is 56.3 Å². The quantitative estimate of drug-likeness (QED) is 0.405. The molecule has 180 valence electrons. The summed E-state index contributed by atoms with van der Waals surface area (Å²) in [5.41, 5.74) is 8.47. The lowest BCUT2D eigenvalue weighted by atomic mass is 10.0. The molecule has 6 rings (SSSR count). The molecule has 0 unspecified atom stereocenters. The molecule has 0 radical (unpaired) electrons. The molecule has 0 spiro atoms. The van der Waals surface area contributed by atoms with E-state index >= 15 is 0 Å². The highest BCUT2D eigenvalue weighted by molar-refractivity contribution is 5.80. The molecule has 7 N–H and O–H groups in total. The summed E-state index contributed by atoms with van der Waals surface area (Å²) in [4.78, 5) is 21.9.